The fourth-order valence-corrected chi connectivity index (χ4v) is 2.34. The summed E-state index contributed by atoms with van der Waals surface area (Å²) in [7, 11) is 1.88. The van der Waals surface area contributed by atoms with Crippen LogP contribution in [0.5, 0.6) is 0 Å². The third kappa shape index (κ3) is 2.54. The van der Waals surface area contributed by atoms with Gasteiger partial charge in [-0.1, -0.05) is 29.8 Å². The lowest BCUT2D eigenvalue weighted by atomic mass is 10.1. The molecule has 0 aliphatic carbocycles. The predicted molar refractivity (Wildman–Crippen MR) is 81.6 cm³/mol. The molecule has 1 atom stereocenters. The van der Waals surface area contributed by atoms with Crippen molar-refractivity contribution in [1.29, 1.82) is 5.26 Å². The van der Waals surface area contributed by atoms with Gasteiger partial charge in [0.05, 0.1) is 17.3 Å². The second-order valence-corrected chi connectivity index (χ2v) is 4.92. The number of benzene rings is 1. The van der Waals surface area contributed by atoms with Crippen LogP contribution in [0.4, 0.5) is 11.5 Å². The summed E-state index contributed by atoms with van der Waals surface area (Å²) in [5.74, 6) is 0.580. The monoisotopic (exact) mass is 286 g/mol. The first-order valence-electron chi connectivity index (χ1n) is 6.18. The lowest BCUT2D eigenvalue weighted by Crippen LogP contribution is -2.24. The largest absolute Gasteiger partial charge is 0.395 e. The molecule has 0 saturated heterocycles. The van der Waals surface area contributed by atoms with Crippen molar-refractivity contribution in [3.63, 3.8) is 0 Å². The third-order valence-corrected chi connectivity index (χ3v) is 3.70. The van der Waals surface area contributed by atoms with Gasteiger partial charge in [-0.15, -0.1) is 0 Å². The normalized spacial score (nSPS) is 11.7. The van der Waals surface area contributed by atoms with Crippen molar-refractivity contribution in [2.75, 3.05) is 17.7 Å². The van der Waals surface area contributed by atoms with E-state index < -0.39 is 0 Å². The number of pyridine rings is 1. The molecule has 20 heavy (non-hydrogen) atoms. The Kier molecular flexibility index (Phi) is 4.11. The molecule has 2 aromatic rings. The van der Waals surface area contributed by atoms with Gasteiger partial charge in [0, 0.05) is 18.3 Å². The topological polar surface area (TPSA) is 65.9 Å². The number of hydrogen-bond acceptors (Lipinski definition) is 4. The molecule has 2 N–H and O–H groups in total. The number of nitriles is 1. The molecular formula is C15H15ClN4. The Morgan fingerprint density at radius 3 is 2.70 bits per heavy atom. The number of hydrogen-bond donors (Lipinski definition) is 1. The van der Waals surface area contributed by atoms with Crippen LogP contribution in [0.2, 0.25) is 5.02 Å². The van der Waals surface area contributed by atoms with Crippen molar-refractivity contribution in [3.8, 4) is 6.07 Å². The number of rotatable bonds is 3. The van der Waals surface area contributed by atoms with Crippen LogP contribution in [-0.4, -0.2) is 12.0 Å². The first kappa shape index (κ1) is 14.2. The second-order valence-electron chi connectivity index (χ2n) is 4.52. The highest BCUT2D eigenvalue weighted by Gasteiger charge is 2.19. The standard InChI is InChI=1S/C15H15ClN4/c1-10(12-5-3-4-6-13(12)16)20(2)15-14(18)11(9-17)7-8-19-15/h3-8,10H,18H2,1-2H3. The first-order valence-corrected chi connectivity index (χ1v) is 6.56. The predicted octanol–water partition coefficient (Wildman–Crippen LogP) is 3.39. The van der Waals surface area contributed by atoms with Gasteiger partial charge in [0.1, 0.15) is 6.07 Å². The van der Waals surface area contributed by atoms with Gasteiger partial charge in [-0.2, -0.15) is 5.26 Å². The number of halogens is 1. The molecule has 0 fully saturated rings. The summed E-state index contributed by atoms with van der Waals surface area (Å²) in [5.41, 5.74) is 7.79. The van der Waals surface area contributed by atoms with E-state index in [1.54, 1.807) is 12.3 Å². The van der Waals surface area contributed by atoms with E-state index in [1.165, 1.54) is 0 Å². The Balaban J connectivity index is 2.40. The quantitative estimate of drug-likeness (QED) is 0.939. The summed E-state index contributed by atoms with van der Waals surface area (Å²) in [6, 6.07) is 11.3. The van der Waals surface area contributed by atoms with Gasteiger partial charge in [-0.05, 0) is 24.6 Å². The SMILES string of the molecule is CC(c1ccccc1Cl)N(C)c1nccc(C#N)c1N. The number of nitrogens with two attached hydrogens (primary N) is 1. The summed E-state index contributed by atoms with van der Waals surface area (Å²) in [4.78, 5) is 6.18. The molecule has 1 unspecified atom stereocenters. The van der Waals surface area contributed by atoms with Crippen LogP contribution in [0.25, 0.3) is 0 Å². The average molecular weight is 287 g/mol. The molecule has 102 valence electrons. The molecule has 0 aliphatic rings. The number of anilines is 2. The van der Waals surface area contributed by atoms with Crippen LogP contribution in [0.3, 0.4) is 0 Å². The summed E-state index contributed by atoms with van der Waals surface area (Å²) in [6.07, 6.45) is 1.58. The summed E-state index contributed by atoms with van der Waals surface area (Å²) in [5, 5.41) is 9.72. The Morgan fingerprint density at radius 1 is 1.35 bits per heavy atom. The van der Waals surface area contributed by atoms with Crippen molar-refractivity contribution < 1.29 is 0 Å². The van der Waals surface area contributed by atoms with Crippen molar-refractivity contribution in [1.82, 2.24) is 4.98 Å². The van der Waals surface area contributed by atoms with Crippen molar-refractivity contribution in [2.45, 2.75) is 13.0 Å². The molecule has 0 saturated carbocycles. The summed E-state index contributed by atoms with van der Waals surface area (Å²) in [6.45, 7) is 2.02. The second kappa shape index (κ2) is 5.81. The Morgan fingerprint density at radius 2 is 2.05 bits per heavy atom. The first-order chi connectivity index (χ1) is 9.56. The van der Waals surface area contributed by atoms with Crippen molar-refractivity contribution in [3.05, 3.63) is 52.7 Å². The lowest BCUT2D eigenvalue weighted by molar-refractivity contribution is 0.730. The van der Waals surface area contributed by atoms with E-state index in [4.69, 9.17) is 22.6 Å². The molecule has 0 bridgehead atoms. The van der Waals surface area contributed by atoms with E-state index in [1.807, 2.05) is 43.1 Å². The van der Waals surface area contributed by atoms with Gasteiger partial charge in [-0.3, -0.25) is 0 Å². The van der Waals surface area contributed by atoms with Crippen LogP contribution < -0.4 is 10.6 Å². The fraction of sp³-hybridized carbons (Fsp3) is 0.200. The minimum Gasteiger partial charge on any atom is -0.395 e. The molecule has 0 aliphatic heterocycles. The molecule has 0 spiro atoms. The number of nitrogens with zero attached hydrogens (tertiary/aromatic N) is 3. The maximum absolute atomic E-state index is 9.03. The average Bonchev–Trinajstić information content (AvgIpc) is 2.46. The minimum atomic E-state index is -0.00700. The van der Waals surface area contributed by atoms with Crippen molar-refractivity contribution >= 4 is 23.1 Å². The van der Waals surface area contributed by atoms with Crippen LogP contribution in [0.1, 0.15) is 24.1 Å². The Labute approximate surface area is 123 Å². The van der Waals surface area contributed by atoms with Crippen LogP contribution in [-0.2, 0) is 0 Å². The molecule has 4 nitrogen and oxygen atoms in total. The maximum atomic E-state index is 9.03. The highest BCUT2D eigenvalue weighted by Crippen LogP contribution is 2.32. The summed E-state index contributed by atoms with van der Waals surface area (Å²) >= 11 is 6.22. The molecule has 0 radical (unpaired) electrons. The smallest absolute Gasteiger partial charge is 0.153 e. The Bertz CT molecular complexity index is 663. The van der Waals surface area contributed by atoms with E-state index >= 15 is 0 Å². The molecule has 0 amide bonds. The van der Waals surface area contributed by atoms with E-state index in [0.29, 0.717) is 22.1 Å². The van der Waals surface area contributed by atoms with Crippen LogP contribution >= 0.6 is 11.6 Å². The van der Waals surface area contributed by atoms with Gasteiger partial charge >= 0.3 is 0 Å². The van der Waals surface area contributed by atoms with Gasteiger partial charge in [0.25, 0.3) is 0 Å². The summed E-state index contributed by atoms with van der Waals surface area (Å²) < 4.78 is 0. The zero-order chi connectivity index (χ0) is 14.7. The van der Waals surface area contributed by atoms with E-state index in [-0.39, 0.29) is 6.04 Å². The van der Waals surface area contributed by atoms with Gasteiger partial charge in [-0.25, -0.2) is 4.98 Å². The van der Waals surface area contributed by atoms with Gasteiger partial charge in [0.15, 0.2) is 5.82 Å². The maximum Gasteiger partial charge on any atom is 0.153 e. The third-order valence-electron chi connectivity index (χ3n) is 3.36. The van der Waals surface area contributed by atoms with Crippen LogP contribution in [0, 0.1) is 11.3 Å². The lowest BCUT2D eigenvalue weighted by Gasteiger charge is -2.28. The molecule has 2 rings (SSSR count). The molecule has 5 heteroatoms. The number of aromatic nitrogens is 1. The zero-order valence-corrected chi connectivity index (χ0v) is 12.1. The van der Waals surface area contributed by atoms with Crippen LogP contribution in [0.15, 0.2) is 36.5 Å². The van der Waals surface area contributed by atoms with Gasteiger partial charge < -0.3 is 10.6 Å². The highest BCUT2D eigenvalue weighted by atomic mass is 35.5. The molecule has 1 aromatic carbocycles. The zero-order valence-electron chi connectivity index (χ0n) is 11.3. The number of nitrogen functional groups attached to an aromatic ring is 1. The Hall–Kier alpha value is -2.25. The molecule has 1 aromatic heterocycles. The molecular weight excluding hydrogens is 272 g/mol. The van der Waals surface area contributed by atoms with E-state index in [0.717, 1.165) is 5.56 Å². The molecule has 1 heterocycles. The van der Waals surface area contributed by atoms with Crippen molar-refractivity contribution in [2.24, 2.45) is 0 Å². The highest BCUT2D eigenvalue weighted by molar-refractivity contribution is 6.31. The van der Waals surface area contributed by atoms with E-state index in [9.17, 15) is 0 Å². The minimum absolute atomic E-state index is 0.00700. The van der Waals surface area contributed by atoms with Gasteiger partial charge in [0.2, 0.25) is 0 Å². The van der Waals surface area contributed by atoms with E-state index in [2.05, 4.69) is 11.1 Å². The fourth-order valence-electron chi connectivity index (χ4n) is 2.05.